The number of rotatable bonds is 9. The molecule has 0 amide bonds. The highest BCUT2D eigenvalue weighted by Gasteiger charge is 2.01. The van der Waals surface area contributed by atoms with Crippen LogP contribution in [0.3, 0.4) is 0 Å². The van der Waals surface area contributed by atoms with Crippen molar-refractivity contribution in [1.82, 2.24) is 4.98 Å². The standard InChI is InChI=1S/C17H19BrFNO2/c18-10-2-1-3-11-21-12-16-13-22-17(20-16)9-6-14-4-7-15(19)8-5-14/h4-9,13H,1-3,10-12H2/b9-6+. The van der Waals surface area contributed by atoms with Gasteiger partial charge in [0.25, 0.3) is 0 Å². The van der Waals surface area contributed by atoms with Gasteiger partial charge in [0.2, 0.25) is 5.89 Å². The molecule has 2 rings (SSSR count). The van der Waals surface area contributed by atoms with Crippen molar-refractivity contribution in [3.63, 3.8) is 0 Å². The van der Waals surface area contributed by atoms with Gasteiger partial charge in [-0.25, -0.2) is 9.37 Å². The van der Waals surface area contributed by atoms with E-state index in [0.29, 0.717) is 12.5 Å². The lowest BCUT2D eigenvalue weighted by molar-refractivity contribution is 0.114. The van der Waals surface area contributed by atoms with E-state index < -0.39 is 0 Å². The lowest BCUT2D eigenvalue weighted by Crippen LogP contribution is -1.96. The summed E-state index contributed by atoms with van der Waals surface area (Å²) >= 11 is 3.40. The maximum absolute atomic E-state index is 12.8. The molecule has 1 heterocycles. The molecule has 0 fully saturated rings. The number of aromatic nitrogens is 1. The number of hydrogen-bond acceptors (Lipinski definition) is 3. The molecule has 0 aliphatic carbocycles. The van der Waals surface area contributed by atoms with Crippen LogP contribution in [0.2, 0.25) is 0 Å². The van der Waals surface area contributed by atoms with Crippen LogP contribution in [0.5, 0.6) is 0 Å². The summed E-state index contributed by atoms with van der Waals surface area (Å²) < 4.78 is 23.7. The van der Waals surface area contributed by atoms with Crippen LogP contribution >= 0.6 is 15.9 Å². The van der Waals surface area contributed by atoms with Crippen molar-refractivity contribution in [3.05, 3.63) is 53.5 Å². The second-order valence-corrected chi connectivity index (χ2v) is 5.66. The third kappa shape index (κ3) is 6.12. The molecule has 0 N–H and O–H groups in total. The maximum atomic E-state index is 12.8. The van der Waals surface area contributed by atoms with E-state index >= 15 is 0 Å². The first-order valence-corrected chi connectivity index (χ1v) is 8.42. The first-order valence-electron chi connectivity index (χ1n) is 7.29. The van der Waals surface area contributed by atoms with E-state index in [9.17, 15) is 4.39 Å². The quantitative estimate of drug-likeness (QED) is 0.458. The monoisotopic (exact) mass is 367 g/mol. The molecule has 0 aliphatic heterocycles. The minimum absolute atomic E-state index is 0.246. The molecule has 118 valence electrons. The summed E-state index contributed by atoms with van der Waals surface area (Å²) in [4.78, 5) is 4.32. The zero-order chi connectivity index (χ0) is 15.6. The molecular formula is C17H19BrFNO2. The Balaban J connectivity index is 1.75. The van der Waals surface area contributed by atoms with Crippen molar-refractivity contribution in [2.75, 3.05) is 11.9 Å². The van der Waals surface area contributed by atoms with Crippen molar-refractivity contribution in [2.24, 2.45) is 0 Å². The summed E-state index contributed by atoms with van der Waals surface area (Å²) in [5.74, 6) is 0.269. The summed E-state index contributed by atoms with van der Waals surface area (Å²) in [6.45, 7) is 1.20. The van der Waals surface area contributed by atoms with E-state index in [1.165, 1.54) is 18.6 Å². The topological polar surface area (TPSA) is 35.3 Å². The Morgan fingerprint density at radius 2 is 1.95 bits per heavy atom. The molecule has 3 nitrogen and oxygen atoms in total. The summed E-state index contributed by atoms with van der Waals surface area (Å²) in [7, 11) is 0. The fraction of sp³-hybridized carbons (Fsp3) is 0.353. The second kappa shape index (κ2) is 9.54. The van der Waals surface area contributed by atoms with Gasteiger partial charge in [-0.3, -0.25) is 0 Å². The van der Waals surface area contributed by atoms with Crippen LogP contribution in [0.15, 0.2) is 34.9 Å². The highest BCUT2D eigenvalue weighted by molar-refractivity contribution is 9.09. The Bertz CT molecular complexity index is 581. The smallest absolute Gasteiger partial charge is 0.218 e. The SMILES string of the molecule is Fc1ccc(/C=C/c2nc(COCCCCCBr)co2)cc1. The van der Waals surface area contributed by atoms with E-state index in [1.54, 1.807) is 24.5 Å². The zero-order valence-corrected chi connectivity index (χ0v) is 13.9. The molecule has 0 saturated heterocycles. The van der Waals surface area contributed by atoms with Crippen LogP contribution in [0.1, 0.15) is 36.4 Å². The van der Waals surface area contributed by atoms with Gasteiger partial charge in [-0.2, -0.15) is 0 Å². The van der Waals surface area contributed by atoms with Gasteiger partial charge in [0.15, 0.2) is 0 Å². The number of oxazole rings is 1. The van der Waals surface area contributed by atoms with Gasteiger partial charge in [-0.05, 0) is 36.6 Å². The largest absolute Gasteiger partial charge is 0.445 e. The van der Waals surface area contributed by atoms with E-state index in [4.69, 9.17) is 9.15 Å². The molecule has 0 bridgehead atoms. The van der Waals surface area contributed by atoms with Crippen LogP contribution in [0.4, 0.5) is 4.39 Å². The van der Waals surface area contributed by atoms with Gasteiger partial charge in [-0.1, -0.05) is 34.5 Å². The number of alkyl halides is 1. The molecule has 0 radical (unpaired) electrons. The molecular weight excluding hydrogens is 349 g/mol. The average molecular weight is 368 g/mol. The van der Waals surface area contributed by atoms with Gasteiger partial charge in [-0.15, -0.1) is 0 Å². The Morgan fingerprint density at radius 1 is 1.14 bits per heavy atom. The second-order valence-electron chi connectivity index (χ2n) is 4.86. The third-order valence-electron chi connectivity index (χ3n) is 3.03. The van der Waals surface area contributed by atoms with Gasteiger partial charge >= 0.3 is 0 Å². The minimum Gasteiger partial charge on any atom is -0.445 e. The predicted molar refractivity (Wildman–Crippen MR) is 89.1 cm³/mol. The van der Waals surface area contributed by atoms with Crippen molar-refractivity contribution in [1.29, 1.82) is 0 Å². The van der Waals surface area contributed by atoms with Crippen LogP contribution in [0, 0.1) is 5.82 Å². The lowest BCUT2D eigenvalue weighted by atomic mass is 10.2. The first-order chi connectivity index (χ1) is 10.8. The molecule has 22 heavy (non-hydrogen) atoms. The van der Waals surface area contributed by atoms with Crippen molar-refractivity contribution in [2.45, 2.75) is 25.9 Å². The van der Waals surface area contributed by atoms with E-state index in [-0.39, 0.29) is 5.82 Å². The third-order valence-corrected chi connectivity index (χ3v) is 3.59. The summed E-state index contributed by atoms with van der Waals surface area (Å²) in [6, 6.07) is 6.24. The zero-order valence-electron chi connectivity index (χ0n) is 12.3. The van der Waals surface area contributed by atoms with Crippen molar-refractivity contribution in [3.8, 4) is 0 Å². The van der Waals surface area contributed by atoms with Crippen molar-refractivity contribution < 1.29 is 13.5 Å². The summed E-state index contributed by atoms with van der Waals surface area (Å²) in [6.07, 6.45) is 8.58. The predicted octanol–water partition coefficient (Wildman–Crippen LogP) is 5.07. The normalized spacial score (nSPS) is 11.4. The average Bonchev–Trinajstić information content (AvgIpc) is 2.98. The van der Waals surface area contributed by atoms with E-state index in [2.05, 4.69) is 20.9 Å². The van der Waals surface area contributed by atoms with E-state index in [0.717, 1.165) is 36.0 Å². The van der Waals surface area contributed by atoms with Crippen LogP contribution in [-0.4, -0.2) is 16.9 Å². The van der Waals surface area contributed by atoms with Crippen LogP contribution < -0.4 is 0 Å². The van der Waals surface area contributed by atoms with Crippen LogP contribution in [-0.2, 0) is 11.3 Å². The molecule has 0 unspecified atom stereocenters. The fourth-order valence-electron chi connectivity index (χ4n) is 1.86. The Kier molecular flexibility index (Phi) is 7.33. The molecule has 0 aliphatic rings. The number of ether oxygens (including phenoxy) is 1. The Hall–Kier alpha value is -1.46. The van der Waals surface area contributed by atoms with Gasteiger partial charge in [0, 0.05) is 18.0 Å². The number of unbranched alkanes of at least 4 members (excludes halogenated alkanes) is 2. The minimum atomic E-state index is -0.246. The Morgan fingerprint density at radius 3 is 2.73 bits per heavy atom. The molecule has 5 heteroatoms. The summed E-state index contributed by atoms with van der Waals surface area (Å²) in [5, 5.41) is 1.04. The number of halogens is 2. The maximum Gasteiger partial charge on any atom is 0.218 e. The first kappa shape index (κ1) is 16.9. The van der Waals surface area contributed by atoms with Crippen molar-refractivity contribution >= 4 is 28.1 Å². The molecule has 0 atom stereocenters. The number of benzene rings is 1. The number of hydrogen-bond donors (Lipinski definition) is 0. The fourth-order valence-corrected chi connectivity index (χ4v) is 2.26. The molecule has 0 spiro atoms. The molecule has 0 saturated carbocycles. The van der Waals surface area contributed by atoms with Gasteiger partial charge in [0.1, 0.15) is 17.8 Å². The Labute approximate surface area is 138 Å². The highest BCUT2D eigenvalue weighted by Crippen LogP contribution is 2.10. The van der Waals surface area contributed by atoms with Crippen LogP contribution in [0.25, 0.3) is 12.2 Å². The van der Waals surface area contributed by atoms with Gasteiger partial charge < -0.3 is 9.15 Å². The molecule has 1 aromatic carbocycles. The summed E-state index contributed by atoms with van der Waals surface area (Å²) in [5.41, 5.74) is 1.67. The molecule has 2 aromatic rings. The van der Waals surface area contributed by atoms with Gasteiger partial charge in [0.05, 0.1) is 6.61 Å². The van der Waals surface area contributed by atoms with E-state index in [1.807, 2.05) is 6.08 Å². The highest BCUT2D eigenvalue weighted by atomic mass is 79.9. The number of nitrogens with zero attached hydrogens (tertiary/aromatic N) is 1. The lowest BCUT2D eigenvalue weighted by Gasteiger charge is -2.00. The molecule has 1 aromatic heterocycles.